The molecule has 0 amide bonds. The Bertz CT molecular complexity index is 2170. The molecule has 0 fully saturated rings. The van der Waals surface area contributed by atoms with Crippen LogP contribution < -0.4 is 0 Å². The first-order valence-electron chi connectivity index (χ1n) is 13.2. The summed E-state index contributed by atoms with van der Waals surface area (Å²) in [5.74, 6) is 0. The highest BCUT2D eigenvalue weighted by Crippen LogP contribution is 2.43. The lowest BCUT2D eigenvalue weighted by Gasteiger charge is -2.17. The molecule has 0 spiro atoms. The number of rotatable bonds is 2. The fourth-order valence-corrected chi connectivity index (χ4v) is 6.33. The predicted octanol–water partition coefficient (Wildman–Crippen LogP) is 10.8. The van der Waals surface area contributed by atoms with Crippen molar-refractivity contribution >= 4 is 53.9 Å². The van der Waals surface area contributed by atoms with Crippen LogP contribution in [0.4, 0.5) is 0 Å². The van der Waals surface area contributed by atoms with E-state index in [0.29, 0.717) is 0 Å². The lowest BCUT2D eigenvalue weighted by molar-refractivity contribution is 1.69. The highest BCUT2D eigenvalue weighted by Gasteiger charge is 2.16. The standard InChI is InChI=1S/C38H24/c1-4-15-28-25(10-1)13-7-18-31(28)32-19-9-20-33-34(32)22-23-36-37(33)24-27-12-3-6-17-30(27)38(36)35-21-8-14-26-11-2-5-16-29(26)35/h1-24H. The Morgan fingerprint density at radius 1 is 0.237 bits per heavy atom. The third kappa shape index (κ3) is 3.11. The van der Waals surface area contributed by atoms with E-state index in [9.17, 15) is 0 Å². The van der Waals surface area contributed by atoms with E-state index in [-0.39, 0.29) is 0 Å². The van der Waals surface area contributed by atoms with Crippen LogP contribution in [0.2, 0.25) is 0 Å². The van der Waals surface area contributed by atoms with Crippen molar-refractivity contribution in [2.75, 3.05) is 0 Å². The molecule has 0 saturated heterocycles. The third-order valence-electron chi connectivity index (χ3n) is 8.04. The third-order valence-corrected chi connectivity index (χ3v) is 8.04. The molecule has 0 unspecified atom stereocenters. The molecule has 0 aromatic heterocycles. The summed E-state index contributed by atoms with van der Waals surface area (Å²) in [6.07, 6.45) is 0. The number of hydrogen-bond acceptors (Lipinski definition) is 0. The van der Waals surface area contributed by atoms with Crippen LogP contribution in [0.1, 0.15) is 0 Å². The molecule has 8 aromatic rings. The Balaban J connectivity index is 1.51. The Morgan fingerprint density at radius 2 is 0.711 bits per heavy atom. The zero-order chi connectivity index (χ0) is 25.1. The van der Waals surface area contributed by atoms with Crippen molar-refractivity contribution < 1.29 is 0 Å². The van der Waals surface area contributed by atoms with Crippen molar-refractivity contribution in [1.82, 2.24) is 0 Å². The van der Waals surface area contributed by atoms with Gasteiger partial charge in [0.05, 0.1) is 0 Å². The van der Waals surface area contributed by atoms with Gasteiger partial charge in [-0.25, -0.2) is 0 Å². The van der Waals surface area contributed by atoms with E-state index in [4.69, 9.17) is 0 Å². The summed E-state index contributed by atoms with van der Waals surface area (Å²) < 4.78 is 0. The van der Waals surface area contributed by atoms with Gasteiger partial charge >= 0.3 is 0 Å². The second-order valence-corrected chi connectivity index (χ2v) is 10.1. The van der Waals surface area contributed by atoms with E-state index in [1.54, 1.807) is 0 Å². The number of hydrogen-bond donors (Lipinski definition) is 0. The molecule has 0 aliphatic heterocycles. The smallest absolute Gasteiger partial charge is 0.00204 e. The molecule has 0 radical (unpaired) electrons. The zero-order valence-electron chi connectivity index (χ0n) is 20.9. The van der Waals surface area contributed by atoms with E-state index >= 15 is 0 Å². The lowest BCUT2D eigenvalue weighted by atomic mass is 9.86. The van der Waals surface area contributed by atoms with E-state index in [2.05, 4.69) is 146 Å². The van der Waals surface area contributed by atoms with Gasteiger partial charge in [-0.3, -0.25) is 0 Å². The lowest BCUT2D eigenvalue weighted by Crippen LogP contribution is -1.90. The molecule has 0 N–H and O–H groups in total. The van der Waals surface area contributed by atoms with Crippen molar-refractivity contribution in [2.24, 2.45) is 0 Å². The average molecular weight is 481 g/mol. The summed E-state index contributed by atoms with van der Waals surface area (Å²) >= 11 is 0. The van der Waals surface area contributed by atoms with Crippen LogP contribution in [0.25, 0.3) is 76.1 Å². The Morgan fingerprint density at radius 3 is 1.45 bits per heavy atom. The normalized spacial score (nSPS) is 11.7. The molecule has 176 valence electrons. The maximum atomic E-state index is 2.38. The maximum Gasteiger partial charge on any atom is -0.00204 e. The monoisotopic (exact) mass is 480 g/mol. The van der Waals surface area contributed by atoms with Gasteiger partial charge in [-0.1, -0.05) is 140 Å². The van der Waals surface area contributed by atoms with Gasteiger partial charge in [0.1, 0.15) is 0 Å². The molecular weight excluding hydrogens is 456 g/mol. The molecule has 8 aromatic carbocycles. The number of fused-ring (bicyclic) bond motifs is 6. The molecule has 0 heteroatoms. The zero-order valence-corrected chi connectivity index (χ0v) is 20.9. The van der Waals surface area contributed by atoms with Crippen LogP contribution in [0.3, 0.4) is 0 Å². The predicted molar refractivity (Wildman–Crippen MR) is 165 cm³/mol. The summed E-state index contributed by atoms with van der Waals surface area (Å²) in [6, 6.07) is 53.3. The average Bonchev–Trinajstić information content (AvgIpc) is 2.99. The Labute approximate surface area is 221 Å². The van der Waals surface area contributed by atoms with Gasteiger partial charge < -0.3 is 0 Å². The van der Waals surface area contributed by atoms with Crippen molar-refractivity contribution in [2.45, 2.75) is 0 Å². The minimum absolute atomic E-state index is 1.27. The van der Waals surface area contributed by atoms with Crippen LogP contribution in [0.5, 0.6) is 0 Å². The maximum absolute atomic E-state index is 2.38. The largest absolute Gasteiger partial charge is 0.0616 e. The summed E-state index contributed by atoms with van der Waals surface area (Å²) in [4.78, 5) is 0. The van der Waals surface area contributed by atoms with Crippen molar-refractivity contribution in [3.8, 4) is 22.3 Å². The van der Waals surface area contributed by atoms with Crippen LogP contribution >= 0.6 is 0 Å². The minimum atomic E-state index is 1.27. The van der Waals surface area contributed by atoms with Gasteiger partial charge in [-0.15, -0.1) is 0 Å². The van der Waals surface area contributed by atoms with E-state index < -0.39 is 0 Å². The van der Waals surface area contributed by atoms with Crippen molar-refractivity contribution in [1.29, 1.82) is 0 Å². The van der Waals surface area contributed by atoms with Gasteiger partial charge in [-0.05, 0) is 82.2 Å². The second-order valence-electron chi connectivity index (χ2n) is 10.1. The summed E-state index contributed by atoms with van der Waals surface area (Å²) in [6.45, 7) is 0. The second kappa shape index (κ2) is 8.30. The SMILES string of the molecule is c1ccc2c(-c3cccc4c3ccc3c(-c5cccc6ccccc56)c5ccccc5cc34)cccc2c1. The van der Waals surface area contributed by atoms with E-state index in [0.717, 1.165) is 0 Å². The summed E-state index contributed by atoms with van der Waals surface area (Å²) in [5.41, 5.74) is 5.16. The van der Waals surface area contributed by atoms with Gasteiger partial charge in [0.15, 0.2) is 0 Å². The molecule has 38 heavy (non-hydrogen) atoms. The van der Waals surface area contributed by atoms with Gasteiger partial charge in [-0.2, -0.15) is 0 Å². The van der Waals surface area contributed by atoms with Crippen LogP contribution in [0.15, 0.2) is 146 Å². The molecule has 0 aliphatic rings. The molecule has 0 heterocycles. The highest BCUT2D eigenvalue weighted by atomic mass is 14.2. The number of benzene rings is 8. The highest BCUT2D eigenvalue weighted by molar-refractivity contribution is 6.24. The van der Waals surface area contributed by atoms with Gasteiger partial charge in [0.25, 0.3) is 0 Å². The summed E-state index contributed by atoms with van der Waals surface area (Å²) in [7, 11) is 0. The molecular formula is C38H24. The van der Waals surface area contributed by atoms with Crippen LogP contribution in [0, 0.1) is 0 Å². The van der Waals surface area contributed by atoms with Gasteiger partial charge in [0, 0.05) is 0 Å². The van der Waals surface area contributed by atoms with Crippen LogP contribution in [-0.4, -0.2) is 0 Å². The molecule has 0 bridgehead atoms. The first kappa shape index (κ1) is 21.2. The minimum Gasteiger partial charge on any atom is -0.0616 e. The first-order valence-corrected chi connectivity index (χ1v) is 13.2. The van der Waals surface area contributed by atoms with E-state index in [1.165, 1.54) is 76.1 Å². The fraction of sp³-hybridized carbons (Fsp3) is 0. The quantitative estimate of drug-likeness (QED) is 0.170. The van der Waals surface area contributed by atoms with Crippen molar-refractivity contribution in [3.05, 3.63) is 146 Å². The Kier molecular flexibility index (Phi) is 4.62. The fourth-order valence-electron chi connectivity index (χ4n) is 6.33. The topological polar surface area (TPSA) is 0 Å². The van der Waals surface area contributed by atoms with Gasteiger partial charge in [0.2, 0.25) is 0 Å². The molecule has 0 atom stereocenters. The molecule has 0 saturated carbocycles. The Hall–Kier alpha value is -4.94. The van der Waals surface area contributed by atoms with Crippen LogP contribution in [-0.2, 0) is 0 Å². The molecule has 0 aliphatic carbocycles. The molecule has 8 rings (SSSR count). The summed E-state index contributed by atoms with van der Waals surface area (Å²) in [5, 5.41) is 12.9. The molecule has 0 nitrogen and oxygen atoms in total. The van der Waals surface area contributed by atoms with E-state index in [1.807, 2.05) is 0 Å². The van der Waals surface area contributed by atoms with Crippen molar-refractivity contribution in [3.63, 3.8) is 0 Å². The first-order chi connectivity index (χ1) is 18.9.